The molecule has 17 heavy (non-hydrogen) atoms. The Balaban J connectivity index is 1.97. The van der Waals surface area contributed by atoms with Gasteiger partial charge in [-0.1, -0.05) is 33.0 Å². The van der Waals surface area contributed by atoms with Gasteiger partial charge in [0.2, 0.25) is 0 Å². The highest BCUT2D eigenvalue weighted by molar-refractivity contribution is 6.76. The molecule has 1 rings (SSSR count). The van der Waals surface area contributed by atoms with Gasteiger partial charge in [-0.05, 0) is 37.6 Å². The van der Waals surface area contributed by atoms with Gasteiger partial charge in [0.15, 0.2) is 0 Å². The molecule has 0 radical (unpaired) electrons. The maximum atomic E-state index is 5.78. The Bertz CT molecular complexity index is 193. The van der Waals surface area contributed by atoms with Crippen LogP contribution in [-0.2, 0) is 9.47 Å². The van der Waals surface area contributed by atoms with Gasteiger partial charge < -0.3 is 9.47 Å². The van der Waals surface area contributed by atoms with E-state index in [1.165, 1.54) is 38.1 Å². The molecule has 1 fully saturated rings. The minimum Gasteiger partial charge on any atom is -0.356 e. The lowest BCUT2D eigenvalue weighted by atomic mass is 9.86. The van der Waals surface area contributed by atoms with Crippen molar-refractivity contribution in [2.45, 2.75) is 70.8 Å². The summed E-state index contributed by atoms with van der Waals surface area (Å²) >= 11 is 0. The lowest BCUT2D eigenvalue weighted by Crippen LogP contribution is -2.24. The smallest absolute Gasteiger partial charge is 0.147 e. The zero-order valence-corrected chi connectivity index (χ0v) is 13.1. The van der Waals surface area contributed by atoms with Crippen LogP contribution in [0.1, 0.15) is 39.0 Å². The third-order valence-corrected chi connectivity index (χ3v) is 5.46. The summed E-state index contributed by atoms with van der Waals surface area (Å²) in [7, 11) is -0.941. The Morgan fingerprint density at radius 2 is 1.71 bits per heavy atom. The van der Waals surface area contributed by atoms with Gasteiger partial charge in [-0.15, -0.1) is 0 Å². The first kappa shape index (κ1) is 15.2. The summed E-state index contributed by atoms with van der Waals surface area (Å²) < 4.78 is 11.4. The van der Waals surface area contributed by atoms with Crippen molar-refractivity contribution in [1.29, 1.82) is 0 Å². The second-order valence-electron chi connectivity index (χ2n) is 6.55. The lowest BCUT2D eigenvalue weighted by Gasteiger charge is -2.27. The van der Waals surface area contributed by atoms with E-state index in [4.69, 9.17) is 9.47 Å². The highest BCUT2D eigenvalue weighted by Gasteiger charge is 2.20. The third-order valence-electron chi connectivity index (χ3n) is 3.75. The summed E-state index contributed by atoms with van der Waals surface area (Å²) in [6.07, 6.45) is 6.95. The predicted octanol–water partition coefficient (Wildman–Crippen LogP) is 4.28. The summed E-state index contributed by atoms with van der Waals surface area (Å²) in [5.41, 5.74) is 0. The molecule has 0 N–H and O–H groups in total. The lowest BCUT2D eigenvalue weighted by molar-refractivity contribution is -0.0986. The molecule has 2 nitrogen and oxygen atoms in total. The molecule has 0 atom stereocenters. The van der Waals surface area contributed by atoms with Crippen LogP contribution in [0.3, 0.4) is 0 Å². The Morgan fingerprint density at radius 1 is 1.06 bits per heavy atom. The fourth-order valence-electron chi connectivity index (χ4n) is 2.29. The SMILES string of the molecule is CCC1CCC(OCOCC[Si](C)(C)C)CC1. The van der Waals surface area contributed by atoms with Crippen molar-refractivity contribution in [2.75, 3.05) is 13.4 Å². The summed E-state index contributed by atoms with van der Waals surface area (Å²) in [6.45, 7) is 10.8. The first-order chi connectivity index (χ1) is 8.01. The molecule has 0 aliphatic heterocycles. The third kappa shape index (κ3) is 7.22. The molecule has 0 amide bonds. The monoisotopic (exact) mass is 258 g/mol. The van der Waals surface area contributed by atoms with Crippen LogP contribution < -0.4 is 0 Å². The predicted molar refractivity (Wildman–Crippen MR) is 76.1 cm³/mol. The zero-order valence-electron chi connectivity index (χ0n) is 12.1. The van der Waals surface area contributed by atoms with Crippen molar-refractivity contribution in [3.05, 3.63) is 0 Å². The second-order valence-corrected chi connectivity index (χ2v) is 12.2. The normalized spacial score (nSPS) is 26.1. The van der Waals surface area contributed by atoms with Crippen LogP contribution in [0.2, 0.25) is 25.7 Å². The Hall–Kier alpha value is 0.137. The van der Waals surface area contributed by atoms with Crippen LogP contribution in [0, 0.1) is 5.92 Å². The molecule has 1 saturated carbocycles. The summed E-state index contributed by atoms with van der Waals surface area (Å²) in [5.74, 6) is 0.947. The van der Waals surface area contributed by atoms with Crippen molar-refractivity contribution >= 4 is 8.07 Å². The van der Waals surface area contributed by atoms with Crippen molar-refractivity contribution in [3.8, 4) is 0 Å². The average Bonchev–Trinajstić information content (AvgIpc) is 2.28. The van der Waals surface area contributed by atoms with Crippen LogP contribution in [0.4, 0.5) is 0 Å². The highest BCUT2D eigenvalue weighted by atomic mass is 28.3. The first-order valence-electron chi connectivity index (χ1n) is 7.20. The van der Waals surface area contributed by atoms with Crippen LogP contribution in [-0.4, -0.2) is 27.6 Å². The van der Waals surface area contributed by atoms with Gasteiger partial charge in [-0.3, -0.25) is 0 Å². The summed E-state index contributed by atoms with van der Waals surface area (Å²) in [6, 6.07) is 1.24. The minimum atomic E-state index is -0.941. The van der Waals surface area contributed by atoms with E-state index in [9.17, 15) is 0 Å². The molecule has 0 aromatic carbocycles. The van der Waals surface area contributed by atoms with Gasteiger partial charge in [0.05, 0.1) is 6.10 Å². The Morgan fingerprint density at radius 3 is 2.24 bits per heavy atom. The second kappa shape index (κ2) is 7.55. The Labute approximate surface area is 108 Å². The Kier molecular flexibility index (Phi) is 6.74. The van der Waals surface area contributed by atoms with E-state index in [1.807, 2.05) is 0 Å². The fraction of sp³-hybridized carbons (Fsp3) is 1.00. The van der Waals surface area contributed by atoms with E-state index in [0.29, 0.717) is 12.9 Å². The molecule has 0 bridgehead atoms. The van der Waals surface area contributed by atoms with E-state index < -0.39 is 8.07 Å². The standard InChI is InChI=1S/C14H30O2Si/c1-5-13-6-8-14(9-7-13)16-12-15-10-11-17(2,3)4/h13-14H,5-12H2,1-4H3. The van der Waals surface area contributed by atoms with Crippen LogP contribution in [0.15, 0.2) is 0 Å². The average molecular weight is 258 g/mol. The van der Waals surface area contributed by atoms with Crippen LogP contribution in [0.5, 0.6) is 0 Å². The summed E-state index contributed by atoms with van der Waals surface area (Å²) in [5, 5.41) is 0. The largest absolute Gasteiger partial charge is 0.356 e. The summed E-state index contributed by atoms with van der Waals surface area (Å²) in [4.78, 5) is 0. The van der Waals surface area contributed by atoms with Gasteiger partial charge >= 0.3 is 0 Å². The molecular formula is C14H30O2Si. The van der Waals surface area contributed by atoms with Crippen molar-refractivity contribution in [2.24, 2.45) is 5.92 Å². The molecule has 0 aromatic heterocycles. The van der Waals surface area contributed by atoms with E-state index in [-0.39, 0.29) is 0 Å². The number of rotatable bonds is 7. The van der Waals surface area contributed by atoms with Crippen LogP contribution >= 0.6 is 0 Å². The van der Waals surface area contributed by atoms with E-state index in [0.717, 1.165) is 12.5 Å². The zero-order chi connectivity index (χ0) is 12.7. The number of hydrogen-bond donors (Lipinski definition) is 0. The molecule has 0 saturated heterocycles. The highest BCUT2D eigenvalue weighted by Crippen LogP contribution is 2.28. The fourth-order valence-corrected chi connectivity index (χ4v) is 3.05. The molecule has 0 aromatic rings. The molecule has 1 aliphatic rings. The van der Waals surface area contributed by atoms with Gasteiger partial charge in [-0.25, -0.2) is 0 Å². The van der Waals surface area contributed by atoms with E-state index >= 15 is 0 Å². The first-order valence-corrected chi connectivity index (χ1v) is 10.9. The molecule has 0 spiro atoms. The maximum absolute atomic E-state index is 5.78. The molecule has 0 unspecified atom stereocenters. The van der Waals surface area contributed by atoms with Gasteiger partial charge in [-0.2, -0.15) is 0 Å². The number of hydrogen-bond acceptors (Lipinski definition) is 2. The molecular weight excluding hydrogens is 228 g/mol. The molecule has 1 aliphatic carbocycles. The maximum Gasteiger partial charge on any atom is 0.147 e. The molecule has 0 heterocycles. The van der Waals surface area contributed by atoms with Crippen molar-refractivity contribution in [3.63, 3.8) is 0 Å². The number of ether oxygens (including phenoxy) is 2. The van der Waals surface area contributed by atoms with Crippen LogP contribution in [0.25, 0.3) is 0 Å². The minimum absolute atomic E-state index is 0.463. The van der Waals surface area contributed by atoms with Gasteiger partial charge in [0, 0.05) is 14.7 Å². The molecule has 3 heteroatoms. The van der Waals surface area contributed by atoms with E-state index in [2.05, 4.69) is 26.6 Å². The molecule has 102 valence electrons. The quantitative estimate of drug-likeness (QED) is 0.385. The van der Waals surface area contributed by atoms with E-state index in [1.54, 1.807) is 0 Å². The topological polar surface area (TPSA) is 18.5 Å². The van der Waals surface area contributed by atoms with Gasteiger partial charge in [0.1, 0.15) is 6.79 Å². The van der Waals surface area contributed by atoms with Crippen molar-refractivity contribution < 1.29 is 9.47 Å². The van der Waals surface area contributed by atoms with Crippen molar-refractivity contribution in [1.82, 2.24) is 0 Å². The van der Waals surface area contributed by atoms with Gasteiger partial charge in [0.25, 0.3) is 0 Å².